The highest BCUT2D eigenvalue weighted by Gasteiger charge is 2.06. The van der Waals surface area contributed by atoms with Gasteiger partial charge in [0.15, 0.2) is 0 Å². The number of hydrogen-bond acceptors (Lipinski definition) is 2. The molecule has 0 aliphatic rings. The first-order valence-corrected chi connectivity index (χ1v) is 5.17. The average molecular weight is 207 g/mol. The molecule has 3 heteroatoms. The van der Waals surface area contributed by atoms with Crippen LogP contribution < -0.4 is 0 Å². The summed E-state index contributed by atoms with van der Waals surface area (Å²) in [5.41, 5.74) is 1.95. The molecular weight excluding hydrogens is 197 g/mol. The summed E-state index contributed by atoms with van der Waals surface area (Å²) < 4.78 is 13.0. The molecule has 0 spiro atoms. The summed E-state index contributed by atoms with van der Waals surface area (Å²) in [5.74, 6) is -0.210. The fourth-order valence-electron chi connectivity index (χ4n) is 1.30. The van der Waals surface area contributed by atoms with Gasteiger partial charge in [0.2, 0.25) is 0 Å². The molecule has 0 radical (unpaired) electrons. The van der Waals surface area contributed by atoms with Crippen LogP contribution in [0.1, 0.15) is 10.4 Å². The van der Waals surface area contributed by atoms with Gasteiger partial charge in [-0.3, -0.25) is 0 Å². The summed E-state index contributed by atoms with van der Waals surface area (Å²) in [4.78, 5) is 5.38. The summed E-state index contributed by atoms with van der Waals surface area (Å²) in [5, 5.41) is 0.888. The first-order valence-electron chi connectivity index (χ1n) is 4.36. The van der Waals surface area contributed by atoms with Gasteiger partial charge >= 0.3 is 0 Å². The number of nitrogens with zero attached hydrogens (tertiary/aromatic N) is 1. The van der Waals surface area contributed by atoms with E-state index in [2.05, 4.69) is 4.98 Å². The molecule has 0 saturated heterocycles. The van der Waals surface area contributed by atoms with E-state index in [1.54, 1.807) is 17.4 Å². The molecule has 2 rings (SSSR count). The molecule has 1 aromatic carbocycles. The van der Waals surface area contributed by atoms with E-state index < -0.39 is 0 Å². The standard InChI is InChI=1S/C11H10FNS/c1-7-3-4-9(12)5-10(7)11-13-6-8(2)14-11/h3-6H,1-2H3. The Kier molecular flexibility index (Phi) is 2.33. The highest BCUT2D eigenvalue weighted by atomic mass is 32.1. The number of benzene rings is 1. The lowest BCUT2D eigenvalue weighted by molar-refractivity contribution is 0.628. The predicted molar refractivity (Wildman–Crippen MR) is 57.0 cm³/mol. The maximum Gasteiger partial charge on any atom is 0.123 e. The van der Waals surface area contributed by atoms with Gasteiger partial charge in [-0.25, -0.2) is 9.37 Å². The van der Waals surface area contributed by atoms with Crippen molar-refractivity contribution in [2.45, 2.75) is 13.8 Å². The molecule has 0 unspecified atom stereocenters. The summed E-state index contributed by atoms with van der Waals surface area (Å²) >= 11 is 1.59. The molecular formula is C11H10FNS. The Morgan fingerprint density at radius 3 is 2.71 bits per heavy atom. The number of aryl methyl sites for hydroxylation is 2. The monoisotopic (exact) mass is 207 g/mol. The third kappa shape index (κ3) is 1.68. The molecule has 14 heavy (non-hydrogen) atoms. The smallest absolute Gasteiger partial charge is 0.123 e. The zero-order chi connectivity index (χ0) is 10.1. The third-order valence-corrected chi connectivity index (χ3v) is 3.00. The Morgan fingerprint density at radius 1 is 1.29 bits per heavy atom. The fourth-order valence-corrected chi connectivity index (χ4v) is 2.15. The molecule has 0 bridgehead atoms. The second kappa shape index (κ2) is 3.50. The van der Waals surface area contributed by atoms with Crippen LogP contribution in [0.3, 0.4) is 0 Å². The molecule has 1 heterocycles. The minimum atomic E-state index is -0.210. The van der Waals surface area contributed by atoms with Crippen molar-refractivity contribution in [2.75, 3.05) is 0 Å². The molecule has 72 valence electrons. The largest absolute Gasteiger partial charge is 0.244 e. The summed E-state index contributed by atoms with van der Waals surface area (Å²) in [6.45, 7) is 3.96. The molecule has 0 atom stereocenters. The van der Waals surface area contributed by atoms with Crippen molar-refractivity contribution in [1.82, 2.24) is 4.98 Å². The quantitative estimate of drug-likeness (QED) is 0.696. The van der Waals surface area contributed by atoms with Crippen molar-refractivity contribution in [1.29, 1.82) is 0 Å². The van der Waals surface area contributed by atoms with Gasteiger partial charge in [-0.15, -0.1) is 11.3 Å². The fraction of sp³-hybridized carbons (Fsp3) is 0.182. The van der Waals surface area contributed by atoms with Crippen molar-refractivity contribution in [3.8, 4) is 10.6 Å². The van der Waals surface area contributed by atoms with Gasteiger partial charge in [0.25, 0.3) is 0 Å². The van der Waals surface area contributed by atoms with Gasteiger partial charge in [-0.05, 0) is 31.5 Å². The van der Waals surface area contributed by atoms with Gasteiger partial charge in [-0.2, -0.15) is 0 Å². The molecule has 1 nitrogen and oxygen atoms in total. The lowest BCUT2D eigenvalue weighted by atomic mass is 10.1. The summed E-state index contributed by atoms with van der Waals surface area (Å²) in [6.07, 6.45) is 1.81. The summed E-state index contributed by atoms with van der Waals surface area (Å²) in [7, 11) is 0. The van der Waals surface area contributed by atoms with Gasteiger partial charge in [0.1, 0.15) is 10.8 Å². The second-order valence-corrected chi connectivity index (χ2v) is 4.47. The zero-order valence-electron chi connectivity index (χ0n) is 8.04. The Balaban J connectivity index is 2.55. The molecule has 0 aliphatic heterocycles. The molecule has 0 aliphatic carbocycles. The van der Waals surface area contributed by atoms with Crippen LogP contribution >= 0.6 is 11.3 Å². The first-order chi connectivity index (χ1) is 6.66. The lowest BCUT2D eigenvalue weighted by Crippen LogP contribution is -1.83. The van der Waals surface area contributed by atoms with Gasteiger partial charge < -0.3 is 0 Å². The average Bonchev–Trinajstić information content (AvgIpc) is 2.56. The van der Waals surface area contributed by atoms with Crippen molar-refractivity contribution < 1.29 is 4.39 Å². The van der Waals surface area contributed by atoms with Crippen molar-refractivity contribution in [2.24, 2.45) is 0 Å². The van der Waals surface area contributed by atoms with E-state index in [-0.39, 0.29) is 5.82 Å². The van der Waals surface area contributed by atoms with E-state index in [0.29, 0.717) is 0 Å². The molecule has 0 fully saturated rings. The number of aromatic nitrogens is 1. The van der Waals surface area contributed by atoms with E-state index in [1.807, 2.05) is 20.0 Å². The number of rotatable bonds is 1. The minimum Gasteiger partial charge on any atom is -0.244 e. The van der Waals surface area contributed by atoms with Crippen LogP contribution in [0.15, 0.2) is 24.4 Å². The van der Waals surface area contributed by atoms with Crippen LogP contribution in [-0.4, -0.2) is 4.98 Å². The maximum atomic E-state index is 13.0. The molecule has 0 N–H and O–H groups in total. The topological polar surface area (TPSA) is 12.9 Å². The third-order valence-electron chi connectivity index (χ3n) is 2.05. The van der Waals surface area contributed by atoms with Crippen LogP contribution in [0.2, 0.25) is 0 Å². The van der Waals surface area contributed by atoms with E-state index >= 15 is 0 Å². The molecule has 0 amide bonds. The Labute approximate surface area is 86.2 Å². The molecule has 2 aromatic rings. The Bertz CT molecular complexity index is 462. The zero-order valence-corrected chi connectivity index (χ0v) is 8.86. The predicted octanol–water partition coefficient (Wildman–Crippen LogP) is 3.57. The highest BCUT2D eigenvalue weighted by molar-refractivity contribution is 7.14. The van der Waals surface area contributed by atoms with Gasteiger partial charge in [-0.1, -0.05) is 6.07 Å². The second-order valence-electron chi connectivity index (χ2n) is 3.24. The van der Waals surface area contributed by atoms with Crippen molar-refractivity contribution >= 4 is 11.3 Å². The minimum absolute atomic E-state index is 0.210. The van der Waals surface area contributed by atoms with Crippen LogP contribution in [-0.2, 0) is 0 Å². The first kappa shape index (κ1) is 9.34. The number of thiazole rings is 1. The Hall–Kier alpha value is -1.22. The highest BCUT2D eigenvalue weighted by Crippen LogP contribution is 2.27. The SMILES string of the molecule is Cc1cnc(-c2cc(F)ccc2C)s1. The number of halogens is 1. The van der Waals surface area contributed by atoms with E-state index in [4.69, 9.17) is 0 Å². The molecule has 1 aromatic heterocycles. The maximum absolute atomic E-state index is 13.0. The van der Waals surface area contributed by atoms with Gasteiger partial charge in [0.05, 0.1) is 0 Å². The summed E-state index contributed by atoms with van der Waals surface area (Å²) in [6, 6.07) is 4.79. The van der Waals surface area contributed by atoms with E-state index in [0.717, 1.165) is 21.0 Å². The van der Waals surface area contributed by atoms with E-state index in [9.17, 15) is 4.39 Å². The normalized spacial score (nSPS) is 10.5. The van der Waals surface area contributed by atoms with Gasteiger partial charge in [0, 0.05) is 16.6 Å². The van der Waals surface area contributed by atoms with Crippen molar-refractivity contribution in [3.63, 3.8) is 0 Å². The van der Waals surface area contributed by atoms with E-state index in [1.165, 1.54) is 12.1 Å². The lowest BCUT2D eigenvalue weighted by Gasteiger charge is -2.01. The van der Waals surface area contributed by atoms with Crippen LogP contribution in [0.25, 0.3) is 10.6 Å². The number of hydrogen-bond donors (Lipinski definition) is 0. The van der Waals surface area contributed by atoms with Crippen molar-refractivity contribution in [3.05, 3.63) is 40.7 Å². The molecule has 0 saturated carbocycles. The van der Waals surface area contributed by atoms with Crippen LogP contribution in [0.4, 0.5) is 4.39 Å². The van der Waals surface area contributed by atoms with Crippen LogP contribution in [0.5, 0.6) is 0 Å². The van der Waals surface area contributed by atoms with Crippen LogP contribution in [0, 0.1) is 19.7 Å². The Morgan fingerprint density at radius 2 is 2.07 bits per heavy atom.